The van der Waals surface area contributed by atoms with E-state index in [-0.39, 0.29) is 5.92 Å². The van der Waals surface area contributed by atoms with E-state index in [1.165, 1.54) is 25.7 Å². The molecule has 2 aliphatic rings. The van der Waals surface area contributed by atoms with Gasteiger partial charge in [-0.25, -0.2) is 0 Å². The zero-order chi connectivity index (χ0) is 20.8. The lowest BCUT2D eigenvalue weighted by molar-refractivity contribution is -0.0321. The van der Waals surface area contributed by atoms with Gasteiger partial charge in [0.25, 0.3) is 0 Å². The van der Waals surface area contributed by atoms with E-state index in [1.807, 2.05) is 30.3 Å². The Morgan fingerprint density at radius 2 is 1.63 bits per heavy atom. The molecule has 0 amide bonds. The third-order valence-corrected chi connectivity index (χ3v) is 7.15. The van der Waals surface area contributed by atoms with Crippen LogP contribution < -0.4 is 4.74 Å². The third-order valence-electron chi connectivity index (χ3n) is 6.85. The van der Waals surface area contributed by atoms with E-state index in [0.717, 1.165) is 56.4 Å². The summed E-state index contributed by atoms with van der Waals surface area (Å²) >= 11 is 6.65. The summed E-state index contributed by atoms with van der Waals surface area (Å²) in [6, 6.07) is 16.3. The minimum Gasteiger partial charge on any atom is -0.487 e. The predicted octanol–water partition coefficient (Wildman–Crippen LogP) is 6.18. The zero-order valence-electron chi connectivity index (χ0n) is 17.9. The van der Waals surface area contributed by atoms with E-state index in [0.29, 0.717) is 17.4 Å². The first kappa shape index (κ1) is 21.7. The third kappa shape index (κ3) is 5.38. The van der Waals surface area contributed by atoms with Crippen LogP contribution in [0.15, 0.2) is 48.5 Å². The molecule has 0 radical (unpaired) electrons. The zero-order valence-corrected chi connectivity index (χ0v) is 18.6. The van der Waals surface area contributed by atoms with Gasteiger partial charge in [-0.2, -0.15) is 0 Å². The van der Waals surface area contributed by atoms with Gasteiger partial charge in [0.2, 0.25) is 0 Å². The molecular weight excluding hydrogens is 394 g/mol. The first-order valence-corrected chi connectivity index (χ1v) is 11.9. The van der Waals surface area contributed by atoms with Gasteiger partial charge in [-0.15, -0.1) is 0 Å². The van der Waals surface area contributed by atoms with Crippen LogP contribution in [0.5, 0.6) is 5.75 Å². The van der Waals surface area contributed by atoms with Crippen LogP contribution in [0, 0.1) is 0 Å². The Bertz CT molecular complexity index is 798. The van der Waals surface area contributed by atoms with E-state index < -0.39 is 5.60 Å². The van der Waals surface area contributed by atoms with Crippen LogP contribution in [0.4, 0.5) is 0 Å². The second kappa shape index (κ2) is 10.2. The number of likely N-dealkylation sites (tertiary alicyclic amines) is 1. The van der Waals surface area contributed by atoms with Crippen molar-refractivity contribution in [2.24, 2.45) is 0 Å². The Labute approximate surface area is 186 Å². The van der Waals surface area contributed by atoms with Crippen LogP contribution in [0.1, 0.15) is 68.4 Å². The second-order valence-corrected chi connectivity index (χ2v) is 9.45. The smallest absolute Gasteiger partial charge is 0.138 e. The molecule has 0 aromatic heterocycles. The number of benzene rings is 2. The monoisotopic (exact) mass is 427 g/mol. The number of hydrogen-bond donors (Lipinski definition) is 1. The SMILES string of the molecule is OC1(C(CN2CCCCC2)c2ccc(OCc3ccccc3)c(Cl)c2)CCCCC1. The Hall–Kier alpha value is -1.55. The van der Waals surface area contributed by atoms with Crippen molar-refractivity contribution in [3.63, 3.8) is 0 Å². The minimum atomic E-state index is -0.633. The molecule has 1 heterocycles. The molecule has 30 heavy (non-hydrogen) atoms. The van der Waals surface area contributed by atoms with Crippen molar-refractivity contribution in [2.45, 2.75) is 69.5 Å². The normalized spacial score (nSPS) is 20.6. The average molecular weight is 428 g/mol. The molecule has 1 unspecified atom stereocenters. The summed E-state index contributed by atoms with van der Waals surface area (Å²) in [4.78, 5) is 2.54. The first-order valence-electron chi connectivity index (χ1n) is 11.5. The summed E-state index contributed by atoms with van der Waals surface area (Å²) in [6.45, 7) is 3.69. The largest absolute Gasteiger partial charge is 0.487 e. The average Bonchev–Trinajstić information content (AvgIpc) is 2.78. The summed E-state index contributed by atoms with van der Waals surface area (Å²) in [6.07, 6.45) is 9.07. The van der Waals surface area contributed by atoms with Gasteiger partial charge in [0.15, 0.2) is 0 Å². The highest BCUT2D eigenvalue weighted by molar-refractivity contribution is 6.32. The number of aliphatic hydroxyl groups is 1. The Morgan fingerprint density at radius 1 is 0.933 bits per heavy atom. The van der Waals surface area contributed by atoms with Crippen molar-refractivity contribution in [3.8, 4) is 5.75 Å². The molecule has 1 atom stereocenters. The molecule has 2 fully saturated rings. The Kier molecular flexibility index (Phi) is 7.35. The highest BCUT2D eigenvalue weighted by atomic mass is 35.5. The van der Waals surface area contributed by atoms with Crippen LogP contribution >= 0.6 is 11.6 Å². The van der Waals surface area contributed by atoms with Gasteiger partial charge >= 0.3 is 0 Å². The number of hydrogen-bond acceptors (Lipinski definition) is 3. The number of halogens is 1. The second-order valence-electron chi connectivity index (χ2n) is 9.04. The molecule has 162 valence electrons. The number of ether oxygens (including phenoxy) is 1. The fourth-order valence-electron chi connectivity index (χ4n) is 5.08. The summed E-state index contributed by atoms with van der Waals surface area (Å²) in [5.74, 6) is 0.799. The van der Waals surface area contributed by atoms with Crippen LogP contribution in [-0.2, 0) is 6.61 Å². The van der Waals surface area contributed by atoms with E-state index in [4.69, 9.17) is 16.3 Å². The topological polar surface area (TPSA) is 32.7 Å². The molecule has 1 N–H and O–H groups in total. The predicted molar refractivity (Wildman–Crippen MR) is 123 cm³/mol. The first-order chi connectivity index (χ1) is 14.6. The summed E-state index contributed by atoms with van der Waals surface area (Å²) in [5.41, 5.74) is 1.63. The maximum atomic E-state index is 11.6. The van der Waals surface area contributed by atoms with Crippen molar-refractivity contribution in [3.05, 3.63) is 64.7 Å². The van der Waals surface area contributed by atoms with Gasteiger partial charge in [0.05, 0.1) is 10.6 Å². The quantitative estimate of drug-likeness (QED) is 0.572. The molecular formula is C26H34ClNO2. The fourth-order valence-corrected chi connectivity index (χ4v) is 5.33. The van der Waals surface area contributed by atoms with Gasteiger partial charge in [-0.05, 0) is 62.0 Å². The molecule has 0 bridgehead atoms. The van der Waals surface area contributed by atoms with Crippen molar-refractivity contribution in [1.29, 1.82) is 0 Å². The molecule has 1 aliphatic carbocycles. The van der Waals surface area contributed by atoms with Crippen molar-refractivity contribution in [1.82, 2.24) is 4.90 Å². The molecule has 2 aromatic rings. The number of rotatable bonds is 7. The molecule has 4 rings (SSSR count). The van der Waals surface area contributed by atoms with Gasteiger partial charge in [-0.3, -0.25) is 0 Å². The highest BCUT2D eigenvalue weighted by Crippen LogP contribution is 2.42. The fraction of sp³-hybridized carbons (Fsp3) is 0.538. The van der Waals surface area contributed by atoms with Gasteiger partial charge < -0.3 is 14.7 Å². The molecule has 4 heteroatoms. The van der Waals surface area contributed by atoms with Gasteiger partial charge in [-0.1, -0.05) is 73.7 Å². The number of piperidine rings is 1. The summed E-state index contributed by atoms with van der Waals surface area (Å²) < 4.78 is 5.97. The van der Waals surface area contributed by atoms with Crippen LogP contribution in [0.3, 0.4) is 0 Å². The lowest BCUT2D eigenvalue weighted by Crippen LogP contribution is -2.45. The van der Waals surface area contributed by atoms with Crippen molar-refractivity contribution in [2.75, 3.05) is 19.6 Å². The van der Waals surface area contributed by atoms with E-state index in [1.54, 1.807) is 0 Å². The standard InChI is InChI=1S/C26H34ClNO2/c27-24-18-22(12-13-25(24)30-20-21-10-4-1-5-11-21)23(19-28-16-8-3-9-17-28)26(29)14-6-2-7-15-26/h1,4-5,10-13,18,23,29H,2-3,6-9,14-17,19-20H2. The Balaban J connectivity index is 1.52. The Morgan fingerprint density at radius 3 is 2.33 bits per heavy atom. The maximum absolute atomic E-state index is 11.6. The van der Waals surface area contributed by atoms with Gasteiger partial charge in [0, 0.05) is 12.5 Å². The lowest BCUT2D eigenvalue weighted by atomic mass is 9.72. The summed E-state index contributed by atoms with van der Waals surface area (Å²) in [5, 5.41) is 12.3. The van der Waals surface area contributed by atoms with E-state index in [2.05, 4.69) is 23.1 Å². The summed E-state index contributed by atoms with van der Waals surface area (Å²) in [7, 11) is 0. The molecule has 0 spiro atoms. The molecule has 3 nitrogen and oxygen atoms in total. The molecule has 2 aromatic carbocycles. The van der Waals surface area contributed by atoms with Crippen LogP contribution in [0.2, 0.25) is 5.02 Å². The lowest BCUT2D eigenvalue weighted by Gasteiger charge is -2.42. The highest BCUT2D eigenvalue weighted by Gasteiger charge is 2.39. The molecule has 1 saturated heterocycles. The minimum absolute atomic E-state index is 0.0940. The van der Waals surface area contributed by atoms with Crippen LogP contribution in [0.25, 0.3) is 0 Å². The van der Waals surface area contributed by atoms with Crippen LogP contribution in [-0.4, -0.2) is 35.2 Å². The van der Waals surface area contributed by atoms with E-state index in [9.17, 15) is 5.11 Å². The molecule has 1 aliphatic heterocycles. The molecule has 1 saturated carbocycles. The van der Waals surface area contributed by atoms with E-state index >= 15 is 0 Å². The maximum Gasteiger partial charge on any atom is 0.138 e. The van der Waals surface area contributed by atoms with Gasteiger partial charge in [0.1, 0.15) is 12.4 Å². The van der Waals surface area contributed by atoms with Crippen molar-refractivity contribution < 1.29 is 9.84 Å². The number of nitrogens with zero attached hydrogens (tertiary/aromatic N) is 1. The van der Waals surface area contributed by atoms with Crippen molar-refractivity contribution >= 4 is 11.6 Å².